The third-order valence-corrected chi connectivity index (χ3v) is 2.90. The molecule has 0 saturated carbocycles. The van der Waals surface area contributed by atoms with Crippen molar-refractivity contribution >= 4 is 33.3 Å². The summed E-state index contributed by atoms with van der Waals surface area (Å²) in [5.41, 5.74) is 3.06. The molecule has 0 fully saturated rings. The molecule has 0 bridgehead atoms. The molecule has 2 aromatic heterocycles. The van der Waals surface area contributed by atoms with Crippen molar-refractivity contribution in [3.05, 3.63) is 45.8 Å². The molecule has 0 aliphatic rings. The highest BCUT2D eigenvalue weighted by Gasteiger charge is 2.05. The maximum absolute atomic E-state index is 6.01. The van der Waals surface area contributed by atoms with Gasteiger partial charge in [-0.1, -0.05) is 11.6 Å². The summed E-state index contributed by atoms with van der Waals surface area (Å²) in [5.74, 6) is 6.45. The van der Waals surface area contributed by atoms with E-state index < -0.39 is 0 Å². The van der Waals surface area contributed by atoms with Gasteiger partial charge in [-0.2, -0.15) is 0 Å². The summed E-state index contributed by atoms with van der Waals surface area (Å²) in [4.78, 5) is 8.20. The highest BCUT2D eigenvalue weighted by Crippen LogP contribution is 2.20. The molecule has 94 valence electrons. The molecule has 0 unspecified atom stereocenters. The first kappa shape index (κ1) is 13.1. The minimum atomic E-state index is 0.243. The second-order valence-corrected chi connectivity index (χ2v) is 4.72. The lowest BCUT2D eigenvalue weighted by Gasteiger charge is -2.08. The van der Waals surface area contributed by atoms with E-state index >= 15 is 0 Å². The molecule has 0 aromatic carbocycles. The summed E-state index contributed by atoms with van der Waals surface area (Å²) < 4.78 is 6.39. The Bertz CT molecular complexity index is 552. The summed E-state index contributed by atoms with van der Waals surface area (Å²) in [6.07, 6.45) is 3.29. The van der Waals surface area contributed by atoms with Crippen LogP contribution in [0.3, 0.4) is 0 Å². The Morgan fingerprint density at radius 1 is 1.39 bits per heavy atom. The van der Waals surface area contributed by atoms with Crippen LogP contribution >= 0.6 is 27.5 Å². The van der Waals surface area contributed by atoms with Gasteiger partial charge in [0, 0.05) is 10.7 Å². The Hall–Kier alpha value is -1.37. The van der Waals surface area contributed by atoms with Gasteiger partial charge < -0.3 is 10.2 Å². The Morgan fingerprint density at radius 3 is 2.94 bits per heavy atom. The molecule has 0 saturated heterocycles. The Labute approximate surface area is 117 Å². The normalized spacial score (nSPS) is 10.2. The number of hydrogen-bond donors (Lipinski definition) is 2. The van der Waals surface area contributed by atoms with E-state index in [-0.39, 0.29) is 6.61 Å². The first-order valence-corrected chi connectivity index (χ1v) is 6.21. The summed E-state index contributed by atoms with van der Waals surface area (Å²) in [5, 5.41) is 0.525. The van der Waals surface area contributed by atoms with Crippen LogP contribution in [0.1, 0.15) is 5.69 Å². The fourth-order valence-electron chi connectivity index (χ4n) is 1.29. The summed E-state index contributed by atoms with van der Waals surface area (Å²) in [6.45, 7) is 0.243. The molecule has 0 aliphatic carbocycles. The van der Waals surface area contributed by atoms with Gasteiger partial charge in [-0.05, 0) is 34.1 Å². The van der Waals surface area contributed by atoms with E-state index in [9.17, 15) is 0 Å². The number of hydrazine groups is 1. The number of aromatic nitrogens is 2. The Kier molecular flexibility index (Phi) is 4.35. The minimum Gasteiger partial charge on any atom is -0.486 e. The van der Waals surface area contributed by atoms with Crippen LogP contribution in [0.15, 0.2) is 35.1 Å². The number of rotatable bonds is 4. The SMILES string of the molecule is NNc1ccc(Cl)c(COc2cncc(Br)c2)n1. The number of hydrogen-bond acceptors (Lipinski definition) is 5. The van der Waals surface area contributed by atoms with Gasteiger partial charge in [0.05, 0.1) is 16.9 Å². The zero-order valence-corrected chi connectivity index (χ0v) is 11.6. The van der Waals surface area contributed by atoms with Crippen molar-refractivity contribution in [3.63, 3.8) is 0 Å². The van der Waals surface area contributed by atoms with Crippen molar-refractivity contribution in [2.45, 2.75) is 6.61 Å². The van der Waals surface area contributed by atoms with Crippen LogP contribution in [0.25, 0.3) is 0 Å². The van der Waals surface area contributed by atoms with Crippen molar-refractivity contribution in [3.8, 4) is 5.75 Å². The van der Waals surface area contributed by atoms with Gasteiger partial charge in [0.15, 0.2) is 0 Å². The van der Waals surface area contributed by atoms with Crippen LogP contribution in [0, 0.1) is 0 Å². The molecule has 2 heterocycles. The molecule has 0 radical (unpaired) electrons. The molecule has 18 heavy (non-hydrogen) atoms. The molecule has 0 spiro atoms. The predicted molar refractivity (Wildman–Crippen MR) is 73.3 cm³/mol. The quantitative estimate of drug-likeness (QED) is 0.666. The number of pyridine rings is 2. The second-order valence-electron chi connectivity index (χ2n) is 3.40. The predicted octanol–water partition coefficient (Wildman–Crippen LogP) is 2.76. The monoisotopic (exact) mass is 328 g/mol. The van der Waals surface area contributed by atoms with Crippen LogP contribution in [-0.4, -0.2) is 9.97 Å². The molecule has 2 rings (SSSR count). The zero-order chi connectivity index (χ0) is 13.0. The molecule has 0 amide bonds. The first-order chi connectivity index (χ1) is 8.69. The Balaban J connectivity index is 2.10. The van der Waals surface area contributed by atoms with Crippen molar-refractivity contribution in [2.24, 2.45) is 5.84 Å². The fraction of sp³-hybridized carbons (Fsp3) is 0.0909. The van der Waals surface area contributed by atoms with Crippen LogP contribution in [0.5, 0.6) is 5.75 Å². The second kappa shape index (κ2) is 5.99. The summed E-state index contributed by atoms with van der Waals surface area (Å²) in [6, 6.07) is 5.21. The minimum absolute atomic E-state index is 0.243. The third-order valence-electron chi connectivity index (χ3n) is 2.12. The van der Waals surface area contributed by atoms with Gasteiger partial charge in [-0.3, -0.25) is 4.98 Å². The lowest BCUT2D eigenvalue weighted by Crippen LogP contribution is -2.10. The van der Waals surface area contributed by atoms with Gasteiger partial charge >= 0.3 is 0 Å². The van der Waals surface area contributed by atoms with Gasteiger partial charge in [0.1, 0.15) is 18.2 Å². The van der Waals surface area contributed by atoms with E-state index in [2.05, 4.69) is 31.3 Å². The maximum Gasteiger partial charge on any atom is 0.140 e. The number of halogens is 2. The van der Waals surface area contributed by atoms with Gasteiger partial charge in [-0.15, -0.1) is 0 Å². The number of ether oxygens (including phenoxy) is 1. The van der Waals surface area contributed by atoms with E-state index in [4.69, 9.17) is 22.2 Å². The van der Waals surface area contributed by atoms with Crippen molar-refractivity contribution < 1.29 is 4.74 Å². The van der Waals surface area contributed by atoms with E-state index in [1.165, 1.54) is 0 Å². The summed E-state index contributed by atoms with van der Waals surface area (Å²) >= 11 is 9.33. The van der Waals surface area contributed by atoms with E-state index in [1.54, 1.807) is 24.5 Å². The average Bonchev–Trinajstić information content (AvgIpc) is 2.38. The average molecular weight is 330 g/mol. The van der Waals surface area contributed by atoms with Crippen LogP contribution in [0.4, 0.5) is 5.82 Å². The standard InChI is InChI=1S/C11H10BrClN4O/c12-7-3-8(5-15-4-7)18-6-10-9(13)1-2-11(16-10)17-14/h1-5H,6,14H2,(H,16,17). The largest absolute Gasteiger partial charge is 0.486 e. The fourth-order valence-corrected chi connectivity index (χ4v) is 1.79. The smallest absolute Gasteiger partial charge is 0.140 e. The number of nitrogens with one attached hydrogen (secondary N) is 1. The van der Waals surface area contributed by atoms with Crippen LogP contribution < -0.4 is 16.0 Å². The first-order valence-electron chi connectivity index (χ1n) is 5.04. The highest BCUT2D eigenvalue weighted by atomic mass is 79.9. The molecular formula is C11H10BrClN4O. The maximum atomic E-state index is 6.01. The third kappa shape index (κ3) is 3.32. The van der Waals surface area contributed by atoms with Crippen LogP contribution in [0.2, 0.25) is 5.02 Å². The molecule has 0 aliphatic heterocycles. The number of nitrogen functional groups attached to an aromatic ring is 1. The topological polar surface area (TPSA) is 73.1 Å². The van der Waals surface area contributed by atoms with Crippen molar-refractivity contribution in [2.75, 3.05) is 5.43 Å². The number of nitrogens with zero attached hydrogens (tertiary/aromatic N) is 2. The van der Waals surface area contributed by atoms with E-state index in [1.807, 2.05) is 6.07 Å². The van der Waals surface area contributed by atoms with Crippen molar-refractivity contribution in [1.29, 1.82) is 0 Å². The Morgan fingerprint density at radius 2 is 2.22 bits per heavy atom. The lowest BCUT2D eigenvalue weighted by atomic mass is 10.3. The highest BCUT2D eigenvalue weighted by molar-refractivity contribution is 9.10. The molecule has 0 atom stereocenters. The zero-order valence-electron chi connectivity index (χ0n) is 9.23. The molecule has 7 heteroatoms. The number of nitrogens with two attached hydrogens (primary N) is 1. The van der Waals surface area contributed by atoms with Gasteiger partial charge in [0.25, 0.3) is 0 Å². The molecule has 5 nitrogen and oxygen atoms in total. The van der Waals surface area contributed by atoms with Gasteiger partial charge in [-0.25, -0.2) is 10.8 Å². The number of anilines is 1. The molecule has 3 N–H and O–H groups in total. The summed E-state index contributed by atoms with van der Waals surface area (Å²) in [7, 11) is 0. The van der Waals surface area contributed by atoms with Crippen LogP contribution in [-0.2, 0) is 6.61 Å². The lowest BCUT2D eigenvalue weighted by molar-refractivity contribution is 0.300. The molecular weight excluding hydrogens is 320 g/mol. The van der Waals surface area contributed by atoms with E-state index in [0.29, 0.717) is 22.3 Å². The van der Waals surface area contributed by atoms with Crippen molar-refractivity contribution in [1.82, 2.24) is 9.97 Å². The molecule has 2 aromatic rings. The van der Waals surface area contributed by atoms with Gasteiger partial charge in [0.2, 0.25) is 0 Å². The van der Waals surface area contributed by atoms with E-state index in [0.717, 1.165) is 4.47 Å².